The Hall–Kier alpha value is -1.04. The fraction of sp³-hybridized carbons (Fsp3) is 0.600. The first-order chi connectivity index (χ1) is 7.45. The number of aromatic nitrogens is 2. The number of amides is 1. The van der Waals surface area contributed by atoms with Crippen LogP contribution in [0.4, 0.5) is 5.82 Å². The minimum absolute atomic E-state index is 0.0515. The summed E-state index contributed by atoms with van der Waals surface area (Å²) in [6.07, 6.45) is 2.61. The number of carbonyl (C=O) groups excluding carboxylic acids is 1. The van der Waals surface area contributed by atoms with Crippen LogP contribution < -0.4 is 11.1 Å². The van der Waals surface area contributed by atoms with Crippen LogP contribution in [-0.2, 0) is 4.79 Å². The van der Waals surface area contributed by atoms with E-state index in [9.17, 15) is 4.79 Å². The van der Waals surface area contributed by atoms with Crippen molar-refractivity contribution < 1.29 is 4.79 Å². The first-order valence-corrected chi connectivity index (χ1v) is 6.05. The fourth-order valence-corrected chi connectivity index (χ4v) is 1.46. The monoisotopic (exact) mass is 288 g/mol. The second-order valence-electron chi connectivity index (χ2n) is 3.84. The summed E-state index contributed by atoms with van der Waals surface area (Å²) in [6.45, 7) is 5.78. The maximum Gasteiger partial charge on any atom is 0.244 e. The average molecular weight is 289 g/mol. The molecule has 2 unspecified atom stereocenters. The van der Waals surface area contributed by atoms with Crippen molar-refractivity contribution in [1.29, 1.82) is 0 Å². The molecule has 0 fully saturated rings. The number of nitrogen functional groups attached to an aromatic ring is 1. The van der Waals surface area contributed by atoms with Gasteiger partial charge in [-0.1, -0.05) is 6.92 Å². The van der Waals surface area contributed by atoms with Crippen LogP contribution in [0.2, 0.25) is 0 Å². The predicted molar refractivity (Wildman–Crippen MR) is 66.9 cm³/mol. The molecular weight excluding hydrogens is 272 g/mol. The molecule has 5 nitrogen and oxygen atoms in total. The van der Waals surface area contributed by atoms with Crippen LogP contribution in [0.15, 0.2) is 10.7 Å². The molecule has 0 saturated carbocycles. The highest BCUT2D eigenvalue weighted by Crippen LogP contribution is 2.19. The van der Waals surface area contributed by atoms with Gasteiger partial charge in [0.05, 0.1) is 4.47 Å². The van der Waals surface area contributed by atoms with Crippen molar-refractivity contribution in [2.75, 3.05) is 5.73 Å². The summed E-state index contributed by atoms with van der Waals surface area (Å²) in [6, 6.07) is -0.186. The lowest BCUT2D eigenvalue weighted by Crippen LogP contribution is -2.37. The predicted octanol–water partition coefficient (Wildman–Crippen LogP) is 1.70. The van der Waals surface area contributed by atoms with Crippen LogP contribution in [0.1, 0.15) is 33.2 Å². The topological polar surface area (TPSA) is 72.9 Å². The highest BCUT2D eigenvalue weighted by molar-refractivity contribution is 9.10. The third-order valence-corrected chi connectivity index (χ3v) is 3.10. The Morgan fingerprint density at radius 1 is 1.69 bits per heavy atom. The van der Waals surface area contributed by atoms with Crippen LogP contribution in [0, 0.1) is 0 Å². The summed E-state index contributed by atoms with van der Waals surface area (Å²) in [5, 5.41) is 6.95. The molecule has 0 saturated heterocycles. The Bertz CT molecular complexity index is 357. The standard InChI is InChI=1S/C10H17BrN4O/c1-4-6(2)13-10(16)7(3)15-5-8(11)9(12)14-15/h5-7H,4H2,1-3H3,(H2,12,14)(H,13,16). The summed E-state index contributed by atoms with van der Waals surface area (Å²) in [4.78, 5) is 11.8. The van der Waals surface area contributed by atoms with E-state index in [1.54, 1.807) is 17.8 Å². The second kappa shape index (κ2) is 5.34. The highest BCUT2D eigenvalue weighted by Gasteiger charge is 2.18. The lowest BCUT2D eigenvalue weighted by Gasteiger charge is -2.16. The summed E-state index contributed by atoms with van der Waals surface area (Å²) in [5.74, 6) is 0.340. The lowest BCUT2D eigenvalue weighted by molar-refractivity contribution is -0.124. The molecule has 1 amide bonds. The van der Waals surface area contributed by atoms with Gasteiger partial charge in [-0.3, -0.25) is 9.48 Å². The van der Waals surface area contributed by atoms with Crippen molar-refractivity contribution >= 4 is 27.7 Å². The van der Waals surface area contributed by atoms with E-state index in [0.29, 0.717) is 10.3 Å². The van der Waals surface area contributed by atoms with E-state index >= 15 is 0 Å². The number of halogens is 1. The first-order valence-electron chi connectivity index (χ1n) is 5.26. The highest BCUT2D eigenvalue weighted by atomic mass is 79.9. The molecule has 0 aliphatic rings. The van der Waals surface area contributed by atoms with Crippen LogP contribution in [0.3, 0.4) is 0 Å². The number of nitrogens with one attached hydrogen (secondary N) is 1. The zero-order valence-electron chi connectivity index (χ0n) is 9.70. The van der Waals surface area contributed by atoms with Crippen molar-refractivity contribution in [3.63, 3.8) is 0 Å². The fourth-order valence-electron chi connectivity index (χ4n) is 1.17. The van der Waals surface area contributed by atoms with Crippen molar-refractivity contribution in [1.82, 2.24) is 15.1 Å². The van der Waals surface area contributed by atoms with E-state index in [1.165, 1.54) is 0 Å². The van der Waals surface area contributed by atoms with Crippen molar-refractivity contribution in [3.8, 4) is 0 Å². The molecule has 0 aromatic carbocycles. The number of carbonyl (C=O) groups is 1. The summed E-state index contributed by atoms with van der Waals surface area (Å²) >= 11 is 3.26. The van der Waals surface area contributed by atoms with E-state index in [-0.39, 0.29) is 18.0 Å². The Balaban J connectivity index is 2.70. The molecule has 0 aliphatic heterocycles. The van der Waals surface area contributed by atoms with Gasteiger partial charge in [0.2, 0.25) is 5.91 Å². The first kappa shape index (κ1) is 13.0. The number of nitrogens with zero attached hydrogens (tertiary/aromatic N) is 2. The van der Waals surface area contributed by atoms with Gasteiger partial charge in [0.15, 0.2) is 5.82 Å². The van der Waals surface area contributed by atoms with Gasteiger partial charge in [-0.2, -0.15) is 5.10 Å². The molecule has 0 spiro atoms. The molecule has 0 radical (unpaired) electrons. The van der Waals surface area contributed by atoms with Crippen molar-refractivity contribution in [2.24, 2.45) is 0 Å². The van der Waals surface area contributed by atoms with Gasteiger partial charge in [0, 0.05) is 12.2 Å². The Kier molecular flexibility index (Phi) is 4.35. The van der Waals surface area contributed by atoms with Crippen LogP contribution in [0.25, 0.3) is 0 Å². The van der Waals surface area contributed by atoms with Gasteiger partial charge in [0.1, 0.15) is 6.04 Å². The van der Waals surface area contributed by atoms with Crippen molar-refractivity contribution in [2.45, 2.75) is 39.3 Å². The lowest BCUT2D eigenvalue weighted by atomic mass is 10.2. The quantitative estimate of drug-likeness (QED) is 0.886. The van der Waals surface area contributed by atoms with Crippen LogP contribution in [0.5, 0.6) is 0 Å². The van der Waals surface area contributed by atoms with Crippen molar-refractivity contribution in [3.05, 3.63) is 10.7 Å². The molecule has 2 atom stereocenters. The van der Waals surface area contributed by atoms with E-state index in [1.807, 2.05) is 13.8 Å². The zero-order valence-corrected chi connectivity index (χ0v) is 11.3. The Morgan fingerprint density at radius 3 is 2.75 bits per heavy atom. The number of hydrogen-bond acceptors (Lipinski definition) is 3. The van der Waals surface area contributed by atoms with Gasteiger partial charge < -0.3 is 11.1 Å². The van der Waals surface area contributed by atoms with Crippen LogP contribution >= 0.6 is 15.9 Å². The molecule has 1 aromatic rings. The molecular formula is C10H17BrN4O. The second-order valence-corrected chi connectivity index (χ2v) is 4.69. The number of nitrogens with two attached hydrogens (primary N) is 1. The third kappa shape index (κ3) is 2.98. The van der Waals surface area contributed by atoms with E-state index in [2.05, 4.69) is 26.3 Å². The van der Waals surface area contributed by atoms with Gasteiger partial charge in [-0.15, -0.1) is 0 Å². The minimum Gasteiger partial charge on any atom is -0.381 e. The summed E-state index contributed by atoms with van der Waals surface area (Å²) in [7, 11) is 0. The van der Waals surface area contributed by atoms with Gasteiger partial charge in [0.25, 0.3) is 0 Å². The average Bonchev–Trinajstić information content (AvgIpc) is 2.57. The molecule has 0 aliphatic carbocycles. The third-order valence-electron chi connectivity index (χ3n) is 2.49. The Labute approximate surface area is 104 Å². The minimum atomic E-state index is -0.359. The molecule has 90 valence electrons. The smallest absolute Gasteiger partial charge is 0.244 e. The summed E-state index contributed by atoms with van der Waals surface area (Å²) < 4.78 is 2.26. The number of anilines is 1. The largest absolute Gasteiger partial charge is 0.381 e. The Morgan fingerprint density at radius 2 is 2.31 bits per heavy atom. The van der Waals surface area contributed by atoms with E-state index in [4.69, 9.17) is 5.73 Å². The molecule has 1 aromatic heterocycles. The molecule has 1 rings (SSSR count). The molecule has 16 heavy (non-hydrogen) atoms. The normalized spacial score (nSPS) is 14.5. The molecule has 1 heterocycles. The van der Waals surface area contributed by atoms with Gasteiger partial charge in [-0.05, 0) is 36.2 Å². The van der Waals surface area contributed by atoms with Gasteiger partial charge in [-0.25, -0.2) is 0 Å². The SMILES string of the molecule is CCC(C)NC(=O)C(C)n1cc(Br)c(N)n1. The molecule has 3 N–H and O–H groups in total. The maximum absolute atomic E-state index is 11.8. The number of rotatable bonds is 4. The number of hydrogen-bond donors (Lipinski definition) is 2. The summed E-state index contributed by atoms with van der Waals surface area (Å²) in [5.41, 5.74) is 5.60. The van der Waals surface area contributed by atoms with Gasteiger partial charge >= 0.3 is 0 Å². The molecule has 0 bridgehead atoms. The van der Waals surface area contributed by atoms with Crippen LogP contribution in [-0.4, -0.2) is 21.7 Å². The maximum atomic E-state index is 11.8. The molecule has 6 heteroatoms. The zero-order chi connectivity index (χ0) is 12.3. The van der Waals surface area contributed by atoms with E-state index in [0.717, 1.165) is 6.42 Å². The van der Waals surface area contributed by atoms with E-state index < -0.39 is 0 Å².